The van der Waals surface area contributed by atoms with E-state index < -0.39 is 29.5 Å². The maximum Gasteiger partial charge on any atom is 0.347 e. The Morgan fingerprint density at radius 1 is 1.15 bits per heavy atom. The van der Waals surface area contributed by atoms with Gasteiger partial charge >= 0.3 is 5.97 Å². The summed E-state index contributed by atoms with van der Waals surface area (Å²) in [6, 6.07) is 12.6. The fourth-order valence-corrected chi connectivity index (χ4v) is 2.09. The molecule has 0 aromatic heterocycles. The monoisotopic (exact) mass is 374 g/mol. The number of amides is 1. The minimum absolute atomic E-state index is 0.0320. The Balaban J connectivity index is 1.90. The van der Waals surface area contributed by atoms with Crippen molar-refractivity contribution >= 4 is 23.3 Å². The highest BCUT2D eigenvalue weighted by Crippen LogP contribution is 2.28. The molecule has 2 aromatic carbocycles. The summed E-state index contributed by atoms with van der Waals surface area (Å²) >= 11 is 0. The lowest BCUT2D eigenvalue weighted by Crippen LogP contribution is -2.29. The first-order valence-corrected chi connectivity index (χ1v) is 7.91. The number of para-hydroxylation sites is 1. The summed E-state index contributed by atoms with van der Waals surface area (Å²) in [7, 11) is 1.37. The average Bonchev–Trinajstić information content (AvgIpc) is 2.67. The predicted octanol–water partition coefficient (Wildman–Crippen LogP) is 2.55. The van der Waals surface area contributed by atoms with Gasteiger partial charge in [0.25, 0.3) is 11.6 Å². The molecule has 0 saturated heterocycles. The molecule has 1 amide bonds. The molecular formula is C18H18N2O7. The Morgan fingerprint density at radius 2 is 1.85 bits per heavy atom. The average molecular weight is 374 g/mol. The Bertz CT molecular complexity index is 824. The quantitative estimate of drug-likeness (QED) is 0.429. The van der Waals surface area contributed by atoms with E-state index in [-0.39, 0.29) is 17.1 Å². The normalized spacial score (nSPS) is 11.2. The third kappa shape index (κ3) is 5.70. The summed E-state index contributed by atoms with van der Waals surface area (Å²) in [5.41, 5.74) is -0.370. The van der Waals surface area contributed by atoms with Gasteiger partial charge in [-0.15, -0.1) is 0 Å². The van der Waals surface area contributed by atoms with Gasteiger partial charge in [-0.1, -0.05) is 18.2 Å². The molecule has 0 bridgehead atoms. The molecule has 0 heterocycles. The van der Waals surface area contributed by atoms with Crippen LogP contribution in [0, 0.1) is 10.1 Å². The van der Waals surface area contributed by atoms with Crippen LogP contribution in [0.3, 0.4) is 0 Å². The number of hydrogen-bond donors (Lipinski definition) is 1. The molecule has 1 atom stereocenters. The van der Waals surface area contributed by atoms with Crippen LogP contribution in [-0.2, 0) is 14.3 Å². The maximum absolute atomic E-state index is 11.9. The second kappa shape index (κ2) is 9.18. The first kappa shape index (κ1) is 19.7. The Labute approximate surface area is 155 Å². The third-order valence-electron chi connectivity index (χ3n) is 3.41. The molecule has 0 unspecified atom stereocenters. The van der Waals surface area contributed by atoms with E-state index in [1.165, 1.54) is 32.2 Å². The van der Waals surface area contributed by atoms with Crippen molar-refractivity contribution in [1.29, 1.82) is 0 Å². The fraction of sp³-hybridized carbons (Fsp3) is 0.222. The number of nitrogens with zero attached hydrogens (tertiary/aromatic N) is 1. The number of nitro benzene ring substituents is 1. The van der Waals surface area contributed by atoms with Crippen LogP contribution in [0.25, 0.3) is 0 Å². The van der Waals surface area contributed by atoms with Gasteiger partial charge in [0.1, 0.15) is 17.2 Å². The number of carbonyl (C=O) groups excluding carboxylic acids is 2. The van der Waals surface area contributed by atoms with Crippen molar-refractivity contribution in [1.82, 2.24) is 0 Å². The van der Waals surface area contributed by atoms with Crippen molar-refractivity contribution in [3.05, 3.63) is 58.6 Å². The highest BCUT2D eigenvalue weighted by molar-refractivity contribution is 5.95. The Hall–Kier alpha value is -3.62. The number of carbonyl (C=O) groups is 2. The van der Waals surface area contributed by atoms with Gasteiger partial charge in [0.2, 0.25) is 0 Å². The molecule has 2 rings (SSSR count). The lowest BCUT2D eigenvalue weighted by atomic mass is 10.2. The molecule has 0 aliphatic carbocycles. The molecule has 27 heavy (non-hydrogen) atoms. The van der Waals surface area contributed by atoms with E-state index in [0.717, 1.165) is 0 Å². The lowest BCUT2D eigenvalue weighted by Gasteiger charge is -2.14. The number of methoxy groups -OCH3 is 1. The highest BCUT2D eigenvalue weighted by atomic mass is 16.6. The van der Waals surface area contributed by atoms with Crippen LogP contribution in [0.15, 0.2) is 48.5 Å². The van der Waals surface area contributed by atoms with E-state index in [4.69, 9.17) is 14.2 Å². The van der Waals surface area contributed by atoms with Gasteiger partial charge < -0.3 is 19.5 Å². The summed E-state index contributed by atoms with van der Waals surface area (Å²) in [4.78, 5) is 34.3. The number of benzene rings is 2. The molecule has 9 heteroatoms. The van der Waals surface area contributed by atoms with Gasteiger partial charge in [-0.2, -0.15) is 0 Å². The number of nitrogens with one attached hydrogen (secondary N) is 1. The molecule has 0 fully saturated rings. The highest BCUT2D eigenvalue weighted by Gasteiger charge is 2.20. The molecule has 0 radical (unpaired) electrons. The van der Waals surface area contributed by atoms with Gasteiger partial charge in [-0.3, -0.25) is 14.9 Å². The smallest absolute Gasteiger partial charge is 0.347 e. The summed E-state index contributed by atoms with van der Waals surface area (Å²) in [6.45, 7) is 0.881. The standard InChI is InChI=1S/C18H18N2O7/c1-12(27-13-6-4-3-5-7-13)18(22)26-11-17(21)19-15-9-8-14(25-2)10-16(15)20(23)24/h3-10,12H,11H2,1-2H3,(H,19,21)/t12-/m0/s1. The SMILES string of the molecule is COc1ccc(NC(=O)COC(=O)[C@H](C)Oc2ccccc2)c([N+](=O)[O-])c1. The predicted molar refractivity (Wildman–Crippen MR) is 95.8 cm³/mol. The number of rotatable bonds is 8. The molecule has 2 aromatic rings. The topological polar surface area (TPSA) is 117 Å². The maximum atomic E-state index is 11.9. The van der Waals surface area contributed by atoms with Gasteiger partial charge in [0.05, 0.1) is 18.1 Å². The molecular weight excluding hydrogens is 356 g/mol. The van der Waals surface area contributed by atoms with Crippen LogP contribution in [0.5, 0.6) is 11.5 Å². The first-order valence-electron chi connectivity index (χ1n) is 7.91. The van der Waals surface area contributed by atoms with Crippen LogP contribution in [0.4, 0.5) is 11.4 Å². The molecule has 9 nitrogen and oxygen atoms in total. The van der Waals surface area contributed by atoms with Crippen molar-refractivity contribution in [3.63, 3.8) is 0 Å². The van der Waals surface area contributed by atoms with E-state index in [9.17, 15) is 19.7 Å². The zero-order chi connectivity index (χ0) is 19.8. The summed E-state index contributed by atoms with van der Waals surface area (Å²) in [5.74, 6) is -0.694. The van der Waals surface area contributed by atoms with Gasteiger partial charge in [-0.05, 0) is 31.2 Å². The van der Waals surface area contributed by atoms with Crippen LogP contribution >= 0.6 is 0 Å². The van der Waals surface area contributed by atoms with E-state index in [1.807, 2.05) is 0 Å². The van der Waals surface area contributed by atoms with Gasteiger partial charge in [0, 0.05) is 0 Å². The number of nitro groups is 1. The summed E-state index contributed by atoms with van der Waals surface area (Å²) in [5, 5.41) is 13.4. The van der Waals surface area contributed by atoms with Crippen molar-refractivity contribution < 1.29 is 28.7 Å². The second-order valence-corrected chi connectivity index (χ2v) is 5.37. The Morgan fingerprint density at radius 3 is 2.48 bits per heavy atom. The Kier molecular flexibility index (Phi) is 6.70. The largest absolute Gasteiger partial charge is 0.496 e. The van der Waals surface area contributed by atoms with Crippen molar-refractivity contribution in [2.75, 3.05) is 19.0 Å². The van der Waals surface area contributed by atoms with E-state index in [0.29, 0.717) is 5.75 Å². The second-order valence-electron chi connectivity index (χ2n) is 5.37. The zero-order valence-corrected chi connectivity index (χ0v) is 14.7. The van der Waals surface area contributed by atoms with Crippen LogP contribution in [0.1, 0.15) is 6.92 Å². The van der Waals surface area contributed by atoms with Crippen molar-refractivity contribution in [2.45, 2.75) is 13.0 Å². The molecule has 0 aliphatic rings. The van der Waals surface area contributed by atoms with Crippen molar-refractivity contribution in [3.8, 4) is 11.5 Å². The summed E-state index contributed by atoms with van der Waals surface area (Å²) in [6.07, 6.45) is -0.921. The molecule has 142 valence electrons. The molecule has 0 aliphatic heterocycles. The number of ether oxygens (including phenoxy) is 3. The zero-order valence-electron chi connectivity index (χ0n) is 14.7. The van der Waals surface area contributed by atoms with E-state index in [1.54, 1.807) is 30.3 Å². The van der Waals surface area contributed by atoms with Crippen LogP contribution in [-0.4, -0.2) is 36.6 Å². The van der Waals surface area contributed by atoms with E-state index >= 15 is 0 Å². The minimum Gasteiger partial charge on any atom is -0.496 e. The van der Waals surface area contributed by atoms with Crippen LogP contribution < -0.4 is 14.8 Å². The number of anilines is 1. The van der Waals surface area contributed by atoms with Crippen LogP contribution in [0.2, 0.25) is 0 Å². The van der Waals surface area contributed by atoms with Gasteiger partial charge in [0.15, 0.2) is 12.7 Å². The minimum atomic E-state index is -0.921. The molecule has 1 N–H and O–H groups in total. The number of esters is 1. The fourth-order valence-electron chi connectivity index (χ4n) is 2.09. The van der Waals surface area contributed by atoms with E-state index in [2.05, 4.69) is 5.32 Å². The van der Waals surface area contributed by atoms with Crippen molar-refractivity contribution in [2.24, 2.45) is 0 Å². The molecule has 0 spiro atoms. The van der Waals surface area contributed by atoms with Gasteiger partial charge in [-0.25, -0.2) is 4.79 Å². The number of hydrogen-bond acceptors (Lipinski definition) is 7. The molecule has 0 saturated carbocycles. The first-order chi connectivity index (χ1) is 12.9. The summed E-state index contributed by atoms with van der Waals surface area (Å²) < 4.78 is 15.2. The third-order valence-corrected chi connectivity index (χ3v) is 3.41. The lowest BCUT2D eigenvalue weighted by molar-refractivity contribution is -0.384.